The summed E-state index contributed by atoms with van der Waals surface area (Å²) in [5.41, 5.74) is 0.00703. The second kappa shape index (κ2) is 6.35. The molecular formula is C14H19NO4S. The SMILES string of the molecule is CCSC1CCC(N(C)C(=O)c2cc(C(=O)O)co2)C1. The summed E-state index contributed by atoms with van der Waals surface area (Å²) in [6.45, 7) is 2.14. The molecule has 0 bridgehead atoms. The van der Waals surface area contributed by atoms with Crippen molar-refractivity contribution >= 4 is 23.6 Å². The van der Waals surface area contributed by atoms with Crippen LogP contribution in [0.25, 0.3) is 0 Å². The van der Waals surface area contributed by atoms with Crippen LogP contribution in [-0.4, -0.2) is 46.0 Å². The van der Waals surface area contributed by atoms with Gasteiger partial charge in [0.1, 0.15) is 6.26 Å². The Morgan fingerprint density at radius 2 is 2.25 bits per heavy atom. The zero-order valence-corrected chi connectivity index (χ0v) is 12.5. The minimum absolute atomic E-state index is 0.00703. The van der Waals surface area contributed by atoms with Crippen LogP contribution in [0.3, 0.4) is 0 Å². The van der Waals surface area contributed by atoms with Gasteiger partial charge in [0, 0.05) is 24.4 Å². The van der Waals surface area contributed by atoms with Crippen LogP contribution >= 0.6 is 11.8 Å². The highest BCUT2D eigenvalue weighted by molar-refractivity contribution is 7.99. The molecule has 5 nitrogen and oxygen atoms in total. The Bertz CT molecular complexity index is 499. The van der Waals surface area contributed by atoms with Gasteiger partial charge in [0.2, 0.25) is 0 Å². The van der Waals surface area contributed by atoms with E-state index >= 15 is 0 Å². The number of carboxylic acids is 1. The minimum atomic E-state index is -1.09. The molecule has 2 atom stereocenters. The fourth-order valence-electron chi connectivity index (χ4n) is 2.56. The van der Waals surface area contributed by atoms with Crippen molar-refractivity contribution in [2.75, 3.05) is 12.8 Å². The van der Waals surface area contributed by atoms with Crippen LogP contribution in [0.4, 0.5) is 0 Å². The molecule has 0 saturated heterocycles. The van der Waals surface area contributed by atoms with E-state index in [0.29, 0.717) is 5.25 Å². The number of aromatic carboxylic acids is 1. The van der Waals surface area contributed by atoms with Crippen LogP contribution < -0.4 is 0 Å². The molecule has 1 fully saturated rings. The molecule has 0 radical (unpaired) electrons. The van der Waals surface area contributed by atoms with E-state index in [1.54, 1.807) is 11.9 Å². The van der Waals surface area contributed by atoms with Gasteiger partial charge < -0.3 is 14.4 Å². The van der Waals surface area contributed by atoms with Crippen molar-refractivity contribution in [2.45, 2.75) is 37.5 Å². The number of furan rings is 1. The second-order valence-electron chi connectivity index (χ2n) is 4.97. The Kier molecular flexibility index (Phi) is 4.75. The summed E-state index contributed by atoms with van der Waals surface area (Å²) >= 11 is 1.94. The lowest BCUT2D eigenvalue weighted by Gasteiger charge is -2.23. The van der Waals surface area contributed by atoms with Crippen LogP contribution in [0.1, 0.15) is 47.1 Å². The molecular weight excluding hydrogens is 278 g/mol. The molecule has 1 aromatic rings. The molecule has 6 heteroatoms. The van der Waals surface area contributed by atoms with Crippen molar-refractivity contribution in [2.24, 2.45) is 0 Å². The van der Waals surface area contributed by atoms with E-state index in [1.807, 2.05) is 11.8 Å². The molecule has 1 aliphatic carbocycles. The van der Waals surface area contributed by atoms with Crippen molar-refractivity contribution < 1.29 is 19.1 Å². The van der Waals surface area contributed by atoms with E-state index in [1.165, 1.54) is 6.07 Å². The molecule has 0 aromatic carbocycles. The third-order valence-corrected chi connectivity index (χ3v) is 4.92. The molecule has 2 unspecified atom stereocenters. The number of carboxylic acid groups (broad SMARTS) is 1. The third-order valence-electron chi connectivity index (χ3n) is 3.68. The van der Waals surface area contributed by atoms with Gasteiger partial charge in [0.05, 0.1) is 5.56 Å². The van der Waals surface area contributed by atoms with Gasteiger partial charge in [0.25, 0.3) is 5.91 Å². The van der Waals surface area contributed by atoms with E-state index in [2.05, 4.69) is 6.92 Å². The van der Waals surface area contributed by atoms with E-state index in [0.717, 1.165) is 31.3 Å². The van der Waals surface area contributed by atoms with Gasteiger partial charge in [-0.2, -0.15) is 11.8 Å². The molecule has 0 spiro atoms. The Balaban J connectivity index is 1.99. The van der Waals surface area contributed by atoms with Crippen LogP contribution in [0.2, 0.25) is 0 Å². The first-order chi connectivity index (χ1) is 9.52. The highest BCUT2D eigenvalue weighted by atomic mass is 32.2. The maximum absolute atomic E-state index is 12.3. The van der Waals surface area contributed by atoms with Gasteiger partial charge in [-0.1, -0.05) is 6.92 Å². The molecule has 2 rings (SSSR count). The van der Waals surface area contributed by atoms with E-state index < -0.39 is 5.97 Å². The lowest BCUT2D eigenvalue weighted by molar-refractivity contribution is 0.0690. The number of thioether (sulfide) groups is 1. The normalized spacial score (nSPS) is 21.9. The van der Waals surface area contributed by atoms with E-state index in [4.69, 9.17) is 9.52 Å². The first-order valence-electron chi connectivity index (χ1n) is 6.73. The zero-order valence-electron chi connectivity index (χ0n) is 11.7. The summed E-state index contributed by atoms with van der Waals surface area (Å²) in [4.78, 5) is 24.7. The molecule has 1 heterocycles. The number of rotatable bonds is 5. The molecule has 1 aromatic heterocycles. The number of nitrogens with zero attached hydrogens (tertiary/aromatic N) is 1. The third kappa shape index (κ3) is 3.17. The Hall–Kier alpha value is -1.43. The summed E-state index contributed by atoms with van der Waals surface area (Å²) < 4.78 is 5.07. The first-order valence-corrected chi connectivity index (χ1v) is 7.78. The minimum Gasteiger partial charge on any atom is -0.478 e. The summed E-state index contributed by atoms with van der Waals surface area (Å²) in [5, 5.41) is 9.45. The number of hydrogen-bond acceptors (Lipinski definition) is 4. The fraction of sp³-hybridized carbons (Fsp3) is 0.571. The molecule has 0 aliphatic heterocycles. The van der Waals surface area contributed by atoms with Gasteiger partial charge in [0.15, 0.2) is 5.76 Å². The Morgan fingerprint density at radius 1 is 1.50 bits per heavy atom. The summed E-state index contributed by atoms with van der Waals surface area (Å²) in [6, 6.07) is 1.50. The van der Waals surface area contributed by atoms with Crippen LogP contribution in [0.15, 0.2) is 16.7 Å². The predicted octanol–water partition coefficient (Wildman–Crippen LogP) is 2.72. The molecule has 1 aliphatic rings. The number of amides is 1. The molecule has 110 valence electrons. The molecule has 1 N–H and O–H groups in total. The van der Waals surface area contributed by atoms with Crippen molar-refractivity contribution in [1.82, 2.24) is 4.90 Å². The number of hydrogen-bond donors (Lipinski definition) is 1. The quantitative estimate of drug-likeness (QED) is 0.905. The Labute approximate surface area is 122 Å². The standard InChI is InChI=1S/C14H19NO4S/c1-3-20-11-5-4-10(7-11)15(2)13(16)12-6-9(8-19-12)14(17)18/h6,8,10-11H,3-5,7H2,1-2H3,(H,17,18). The molecule has 1 amide bonds. The molecule has 1 saturated carbocycles. The molecule has 20 heavy (non-hydrogen) atoms. The average Bonchev–Trinajstić information content (AvgIpc) is 3.06. The van der Waals surface area contributed by atoms with Gasteiger partial charge in [-0.25, -0.2) is 4.79 Å². The smallest absolute Gasteiger partial charge is 0.338 e. The number of carbonyl (C=O) groups excluding carboxylic acids is 1. The average molecular weight is 297 g/mol. The maximum atomic E-state index is 12.3. The van der Waals surface area contributed by atoms with Gasteiger partial charge in [-0.3, -0.25) is 4.79 Å². The lowest BCUT2D eigenvalue weighted by atomic mass is 10.2. The van der Waals surface area contributed by atoms with Gasteiger partial charge in [-0.15, -0.1) is 0 Å². The summed E-state index contributed by atoms with van der Waals surface area (Å²) in [5.74, 6) is -0.147. The summed E-state index contributed by atoms with van der Waals surface area (Å²) in [7, 11) is 1.76. The maximum Gasteiger partial charge on any atom is 0.338 e. The Morgan fingerprint density at radius 3 is 2.85 bits per heavy atom. The lowest BCUT2D eigenvalue weighted by Crippen LogP contribution is -2.35. The predicted molar refractivity (Wildman–Crippen MR) is 77.3 cm³/mol. The summed E-state index contributed by atoms with van der Waals surface area (Å²) in [6.07, 6.45) is 4.22. The monoisotopic (exact) mass is 297 g/mol. The highest BCUT2D eigenvalue weighted by Gasteiger charge is 2.31. The van der Waals surface area contributed by atoms with Crippen molar-refractivity contribution in [3.05, 3.63) is 23.7 Å². The zero-order chi connectivity index (χ0) is 14.7. The topological polar surface area (TPSA) is 70.8 Å². The van der Waals surface area contributed by atoms with Crippen molar-refractivity contribution in [3.8, 4) is 0 Å². The first kappa shape index (κ1) is 15.0. The van der Waals surface area contributed by atoms with Crippen LogP contribution in [-0.2, 0) is 0 Å². The fourth-order valence-corrected chi connectivity index (χ4v) is 3.69. The van der Waals surface area contributed by atoms with Crippen LogP contribution in [0.5, 0.6) is 0 Å². The van der Waals surface area contributed by atoms with Crippen molar-refractivity contribution in [3.63, 3.8) is 0 Å². The second-order valence-corrected chi connectivity index (χ2v) is 6.54. The van der Waals surface area contributed by atoms with E-state index in [9.17, 15) is 9.59 Å². The van der Waals surface area contributed by atoms with Crippen LogP contribution in [0, 0.1) is 0 Å². The highest BCUT2D eigenvalue weighted by Crippen LogP contribution is 2.32. The van der Waals surface area contributed by atoms with Gasteiger partial charge in [-0.05, 0) is 25.0 Å². The number of carbonyl (C=O) groups is 2. The van der Waals surface area contributed by atoms with Crippen molar-refractivity contribution in [1.29, 1.82) is 0 Å². The van der Waals surface area contributed by atoms with Gasteiger partial charge >= 0.3 is 5.97 Å². The largest absolute Gasteiger partial charge is 0.478 e. The van der Waals surface area contributed by atoms with E-state index in [-0.39, 0.29) is 23.3 Å².